The van der Waals surface area contributed by atoms with Gasteiger partial charge in [-0.25, -0.2) is 0 Å². The monoisotopic (exact) mass is 508 g/mol. The number of anilines is 1. The van der Waals surface area contributed by atoms with Crippen molar-refractivity contribution in [3.63, 3.8) is 0 Å². The van der Waals surface area contributed by atoms with E-state index in [9.17, 15) is 0 Å². The number of hydrogen-bond donors (Lipinski definition) is 1. The second kappa shape index (κ2) is 12.0. The Bertz CT molecular complexity index is 749. The SMILES string of the molecule is CN=C(NCc1ccc(N(C)C)cc1)N1CCC(COCc2ccccc2)C1.I. The van der Waals surface area contributed by atoms with Gasteiger partial charge >= 0.3 is 0 Å². The van der Waals surface area contributed by atoms with Crippen molar-refractivity contribution >= 4 is 35.6 Å². The van der Waals surface area contributed by atoms with Gasteiger partial charge in [0.2, 0.25) is 0 Å². The molecule has 2 aromatic carbocycles. The highest BCUT2D eigenvalue weighted by atomic mass is 127. The lowest BCUT2D eigenvalue weighted by molar-refractivity contribution is 0.0906. The van der Waals surface area contributed by atoms with E-state index < -0.39 is 0 Å². The maximum absolute atomic E-state index is 5.93. The fourth-order valence-electron chi connectivity index (χ4n) is 3.50. The zero-order valence-electron chi connectivity index (χ0n) is 17.7. The van der Waals surface area contributed by atoms with E-state index in [4.69, 9.17) is 4.74 Å². The molecule has 0 bridgehead atoms. The topological polar surface area (TPSA) is 40.1 Å². The molecule has 1 N–H and O–H groups in total. The van der Waals surface area contributed by atoms with Gasteiger partial charge in [-0.05, 0) is 29.7 Å². The van der Waals surface area contributed by atoms with Crippen molar-refractivity contribution < 1.29 is 4.74 Å². The Morgan fingerprint density at radius 2 is 1.83 bits per heavy atom. The molecule has 29 heavy (non-hydrogen) atoms. The Kier molecular flexibility index (Phi) is 9.73. The number of nitrogens with zero attached hydrogens (tertiary/aromatic N) is 3. The molecule has 1 fully saturated rings. The summed E-state index contributed by atoms with van der Waals surface area (Å²) in [5.74, 6) is 1.53. The highest BCUT2D eigenvalue weighted by molar-refractivity contribution is 14.0. The summed E-state index contributed by atoms with van der Waals surface area (Å²) >= 11 is 0. The molecule has 0 spiro atoms. The largest absolute Gasteiger partial charge is 0.378 e. The number of guanidine groups is 1. The number of hydrogen-bond acceptors (Lipinski definition) is 3. The van der Waals surface area contributed by atoms with E-state index in [1.54, 1.807) is 0 Å². The molecule has 0 aliphatic carbocycles. The van der Waals surface area contributed by atoms with Gasteiger partial charge in [-0.2, -0.15) is 0 Å². The molecular formula is C23H33IN4O. The van der Waals surface area contributed by atoms with Crippen molar-refractivity contribution in [2.45, 2.75) is 19.6 Å². The molecular weight excluding hydrogens is 475 g/mol. The first-order chi connectivity index (χ1) is 13.7. The number of likely N-dealkylation sites (tertiary alicyclic amines) is 1. The molecule has 5 nitrogen and oxygen atoms in total. The zero-order chi connectivity index (χ0) is 19.8. The minimum absolute atomic E-state index is 0. The van der Waals surface area contributed by atoms with E-state index in [2.05, 4.69) is 82.7 Å². The summed E-state index contributed by atoms with van der Waals surface area (Å²) in [5.41, 5.74) is 3.70. The molecule has 1 unspecified atom stereocenters. The Morgan fingerprint density at radius 3 is 2.48 bits per heavy atom. The molecule has 3 rings (SSSR count). The van der Waals surface area contributed by atoms with Crippen molar-refractivity contribution in [1.82, 2.24) is 10.2 Å². The fraction of sp³-hybridized carbons (Fsp3) is 0.435. The van der Waals surface area contributed by atoms with Crippen LogP contribution >= 0.6 is 24.0 Å². The number of ether oxygens (including phenoxy) is 1. The standard InChI is InChI=1S/C23H32N4O.HI/c1-24-23(25-15-19-9-11-22(12-10-19)26(2)3)27-14-13-21(16-27)18-28-17-20-7-5-4-6-8-20;/h4-12,21H,13-18H2,1-3H3,(H,24,25);1H. The van der Waals surface area contributed by atoms with Gasteiger partial charge in [0.25, 0.3) is 0 Å². The molecule has 158 valence electrons. The van der Waals surface area contributed by atoms with Crippen LogP contribution in [0, 0.1) is 5.92 Å². The van der Waals surface area contributed by atoms with Gasteiger partial charge in [-0.1, -0.05) is 42.5 Å². The number of aliphatic imine (C=N–C) groups is 1. The van der Waals surface area contributed by atoms with Crippen LogP contribution in [0.4, 0.5) is 5.69 Å². The molecule has 1 saturated heterocycles. The molecule has 1 heterocycles. The summed E-state index contributed by atoms with van der Waals surface area (Å²) in [6, 6.07) is 19.0. The molecule has 1 aliphatic heterocycles. The maximum Gasteiger partial charge on any atom is 0.193 e. The average Bonchev–Trinajstić information content (AvgIpc) is 3.18. The predicted molar refractivity (Wildman–Crippen MR) is 132 cm³/mol. The van der Waals surface area contributed by atoms with E-state index in [0.29, 0.717) is 12.5 Å². The van der Waals surface area contributed by atoms with Gasteiger partial charge in [0.05, 0.1) is 13.2 Å². The van der Waals surface area contributed by atoms with E-state index in [1.807, 2.05) is 13.1 Å². The normalized spacial score (nSPS) is 16.4. The first kappa shape index (κ1) is 23.5. The first-order valence-electron chi connectivity index (χ1n) is 9.99. The lowest BCUT2D eigenvalue weighted by Gasteiger charge is -2.22. The number of benzene rings is 2. The molecule has 0 amide bonds. The van der Waals surface area contributed by atoms with Gasteiger partial charge in [-0.3, -0.25) is 4.99 Å². The number of rotatable bonds is 7. The van der Waals surface area contributed by atoms with Crippen LogP contribution in [0.3, 0.4) is 0 Å². The van der Waals surface area contributed by atoms with Crippen LogP contribution in [-0.4, -0.2) is 51.7 Å². The van der Waals surface area contributed by atoms with E-state index in [-0.39, 0.29) is 24.0 Å². The van der Waals surface area contributed by atoms with Crippen molar-refractivity contribution in [2.24, 2.45) is 10.9 Å². The second-order valence-electron chi connectivity index (χ2n) is 7.56. The van der Waals surface area contributed by atoms with Crippen LogP contribution in [0.1, 0.15) is 17.5 Å². The second-order valence-corrected chi connectivity index (χ2v) is 7.56. The predicted octanol–water partition coefficient (Wildman–Crippen LogP) is 3.98. The minimum atomic E-state index is 0. The average molecular weight is 508 g/mol. The fourth-order valence-corrected chi connectivity index (χ4v) is 3.50. The Hall–Kier alpha value is -1.80. The summed E-state index contributed by atoms with van der Waals surface area (Å²) in [7, 11) is 5.97. The molecule has 0 aromatic heterocycles. The Morgan fingerprint density at radius 1 is 1.10 bits per heavy atom. The molecule has 1 aliphatic rings. The molecule has 1 atom stereocenters. The van der Waals surface area contributed by atoms with Gasteiger partial charge in [0, 0.05) is 52.4 Å². The Labute approximate surface area is 192 Å². The summed E-state index contributed by atoms with van der Waals surface area (Å²) in [4.78, 5) is 8.93. The van der Waals surface area contributed by atoms with Crippen LogP contribution in [0.15, 0.2) is 59.6 Å². The minimum Gasteiger partial charge on any atom is -0.378 e. The lowest BCUT2D eigenvalue weighted by Crippen LogP contribution is -2.39. The van der Waals surface area contributed by atoms with Gasteiger partial charge < -0.3 is 19.9 Å². The highest BCUT2D eigenvalue weighted by Gasteiger charge is 2.24. The summed E-state index contributed by atoms with van der Waals surface area (Å²) in [5, 5.41) is 3.50. The van der Waals surface area contributed by atoms with Crippen molar-refractivity contribution in [1.29, 1.82) is 0 Å². The third-order valence-electron chi connectivity index (χ3n) is 5.17. The van der Waals surface area contributed by atoms with Crippen molar-refractivity contribution in [3.05, 3.63) is 65.7 Å². The first-order valence-corrected chi connectivity index (χ1v) is 9.99. The summed E-state index contributed by atoms with van der Waals surface area (Å²) in [6.07, 6.45) is 1.15. The van der Waals surface area contributed by atoms with Gasteiger partial charge in [0.1, 0.15) is 0 Å². The third kappa shape index (κ3) is 7.19. The van der Waals surface area contributed by atoms with Crippen LogP contribution in [-0.2, 0) is 17.9 Å². The molecule has 0 radical (unpaired) electrons. The molecule has 2 aromatic rings. The third-order valence-corrected chi connectivity index (χ3v) is 5.17. The highest BCUT2D eigenvalue weighted by Crippen LogP contribution is 2.18. The van der Waals surface area contributed by atoms with Gasteiger partial charge in [0.15, 0.2) is 5.96 Å². The van der Waals surface area contributed by atoms with Crippen LogP contribution in [0.5, 0.6) is 0 Å². The summed E-state index contributed by atoms with van der Waals surface area (Å²) in [6.45, 7) is 4.29. The zero-order valence-corrected chi connectivity index (χ0v) is 20.0. The van der Waals surface area contributed by atoms with E-state index in [1.165, 1.54) is 16.8 Å². The number of halogens is 1. The van der Waals surface area contributed by atoms with Crippen molar-refractivity contribution in [3.8, 4) is 0 Å². The molecule has 6 heteroatoms. The van der Waals surface area contributed by atoms with Gasteiger partial charge in [-0.15, -0.1) is 24.0 Å². The van der Waals surface area contributed by atoms with Crippen molar-refractivity contribution in [2.75, 3.05) is 45.7 Å². The van der Waals surface area contributed by atoms with Crippen LogP contribution in [0.25, 0.3) is 0 Å². The van der Waals surface area contributed by atoms with E-state index >= 15 is 0 Å². The smallest absolute Gasteiger partial charge is 0.193 e. The number of nitrogens with one attached hydrogen (secondary N) is 1. The maximum atomic E-state index is 5.93. The lowest BCUT2D eigenvalue weighted by atomic mass is 10.1. The van der Waals surface area contributed by atoms with Crippen LogP contribution in [0.2, 0.25) is 0 Å². The van der Waals surface area contributed by atoms with E-state index in [0.717, 1.165) is 38.6 Å². The van der Waals surface area contributed by atoms with Crippen LogP contribution < -0.4 is 10.2 Å². The summed E-state index contributed by atoms with van der Waals surface area (Å²) < 4.78 is 5.93. The molecule has 0 saturated carbocycles. The quantitative estimate of drug-likeness (QED) is 0.349. The Balaban J connectivity index is 0.00000300.